The highest BCUT2D eigenvalue weighted by atomic mass is 32.1. The molecule has 2 N–H and O–H groups in total. The van der Waals surface area contributed by atoms with Crippen molar-refractivity contribution < 1.29 is 0 Å². The summed E-state index contributed by atoms with van der Waals surface area (Å²) in [6, 6.07) is 5.88. The Morgan fingerprint density at radius 2 is 1.95 bits per heavy atom. The molecule has 1 aliphatic rings. The Hall–Kier alpha value is -2.08. The third-order valence-corrected chi connectivity index (χ3v) is 4.58. The number of aromatic nitrogens is 3. The Morgan fingerprint density at radius 3 is 2.80 bits per heavy atom. The molecule has 0 aliphatic carbocycles. The Morgan fingerprint density at radius 1 is 1.15 bits per heavy atom. The molecule has 0 atom stereocenters. The van der Waals surface area contributed by atoms with Gasteiger partial charge >= 0.3 is 5.69 Å². The van der Waals surface area contributed by atoms with Crippen molar-refractivity contribution in [3.8, 4) is 11.3 Å². The van der Waals surface area contributed by atoms with E-state index in [1.54, 1.807) is 11.3 Å². The smallest absolute Gasteiger partial charge is 0.323 e. The largest absolute Gasteiger partial charge is 0.348 e. The quantitative estimate of drug-likeness (QED) is 0.761. The highest BCUT2D eigenvalue weighted by molar-refractivity contribution is 7.14. The number of imidazole rings is 1. The van der Waals surface area contributed by atoms with Gasteiger partial charge in [-0.15, -0.1) is 11.3 Å². The van der Waals surface area contributed by atoms with Crippen LogP contribution >= 0.6 is 11.3 Å². The highest BCUT2D eigenvalue weighted by Crippen LogP contribution is 2.30. The molecule has 0 spiro atoms. The fourth-order valence-electron chi connectivity index (χ4n) is 2.64. The van der Waals surface area contributed by atoms with Gasteiger partial charge in [-0.1, -0.05) is 6.07 Å². The number of aromatic amines is 2. The fourth-order valence-corrected chi connectivity index (χ4v) is 3.53. The maximum atomic E-state index is 11.3. The summed E-state index contributed by atoms with van der Waals surface area (Å²) in [6.45, 7) is 2.22. The number of benzene rings is 1. The van der Waals surface area contributed by atoms with Crippen LogP contribution in [0.3, 0.4) is 0 Å². The maximum Gasteiger partial charge on any atom is 0.323 e. The average molecular weight is 286 g/mol. The molecular weight excluding hydrogens is 272 g/mol. The zero-order chi connectivity index (χ0) is 13.5. The van der Waals surface area contributed by atoms with Gasteiger partial charge in [-0.25, -0.2) is 9.78 Å². The predicted molar refractivity (Wildman–Crippen MR) is 81.5 cm³/mol. The van der Waals surface area contributed by atoms with Crippen molar-refractivity contribution in [2.24, 2.45) is 0 Å². The van der Waals surface area contributed by atoms with E-state index >= 15 is 0 Å². The van der Waals surface area contributed by atoms with E-state index in [1.807, 2.05) is 18.2 Å². The zero-order valence-corrected chi connectivity index (χ0v) is 11.7. The monoisotopic (exact) mass is 286 g/mol. The minimum Gasteiger partial charge on any atom is -0.348 e. The summed E-state index contributed by atoms with van der Waals surface area (Å²) in [7, 11) is 0. The Balaban J connectivity index is 1.72. The third kappa shape index (κ3) is 1.92. The Kier molecular flexibility index (Phi) is 2.63. The van der Waals surface area contributed by atoms with E-state index in [0.29, 0.717) is 0 Å². The van der Waals surface area contributed by atoms with E-state index < -0.39 is 0 Å². The molecule has 0 saturated carbocycles. The number of hydrogen-bond donors (Lipinski definition) is 2. The first-order chi connectivity index (χ1) is 9.79. The van der Waals surface area contributed by atoms with Crippen LogP contribution in [0.1, 0.15) is 12.8 Å². The lowest BCUT2D eigenvalue weighted by molar-refractivity contribution is 0.949. The van der Waals surface area contributed by atoms with E-state index in [1.165, 1.54) is 12.8 Å². The second kappa shape index (κ2) is 4.49. The van der Waals surface area contributed by atoms with Crippen LogP contribution in [-0.4, -0.2) is 28.0 Å². The lowest BCUT2D eigenvalue weighted by Crippen LogP contribution is -2.17. The SMILES string of the molecule is O=c1[nH]c2ccc(-c3csc(N4CCCC4)n3)cc2[nH]1. The topological polar surface area (TPSA) is 64.8 Å². The molecule has 3 aromatic rings. The van der Waals surface area contributed by atoms with Crippen LogP contribution < -0.4 is 10.6 Å². The van der Waals surface area contributed by atoms with Crippen molar-refractivity contribution >= 4 is 27.5 Å². The van der Waals surface area contributed by atoms with E-state index in [2.05, 4.69) is 20.2 Å². The second-order valence-corrected chi connectivity index (χ2v) is 5.89. The number of hydrogen-bond acceptors (Lipinski definition) is 4. The molecule has 6 heteroatoms. The summed E-state index contributed by atoms with van der Waals surface area (Å²) in [6.07, 6.45) is 2.51. The lowest BCUT2D eigenvalue weighted by atomic mass is 10.1. The van der Waals surface area contributed by atoms with E-state index in [-0.39, 0.29) is 5.69 Å². The average Bonchev–Trinajstić information content (AvgIpc) is 3.17. The van der Waals surface area contributed by atoms with Gasteiger partial charge in [0.2, 0.25) is 0 Å². The maximum absolute atomic E-state index is 11.3. The minimum atomic E-state index is -0.173. The van der Waals surface area contributed by atoms with Crippen LogP contribution in [0.2, 0.25) is 0 Å². The summed E-state index contributed by atoms with van der Waals surface area (Å²) < 4.78 is 0. The highest BCUT2D eigenvalue weighted by Gasteiger charge is 2.16. The van der Waals surface area contributed by atoms with Crippen LogP contribution in [-0.2, 0) is 0 Å². The molecule has 102 valence electrons. The fraction of sp³-hybridized carbons (Fsp3) is 0.286. The van der Waals surface area contributed by atoms with Gasteiger partial charge in [-0.2, -0.15) is 0 Å². The van der Waals surface area contributed by atoms with Gasteiger partial charge in [-0.05, 0) is 25.0 Å². The first kappa shape index (κ1) is 11.7. The number of rotatable bonds is 2. The van der Waals surface area contributed by atoms with E-state index in [4.69, 9.17) is 4.98 Å². The van der Waals surface area contributed by atoms with Crippen molar-refractivity contribution in [2.75, 3.05) is 18.0 Å². The minimum absolute atomic E-state index is 0.173. The van der Waals surface area contributed by atoms with Crippen molar-refractivity contribution in [2.45, 2.75) is 12.8 Å². The molecule has 3 heterocycles. The first-order valence-electron chi connectivity index (χ1n) is 6.72. The van der Waals surface area contributed by atoms with Crippen molar-refractivity contribution in [1.82, 2.24) is 15.0 Å². The van der Waals surface area contributed by atoms with Gasteiger partial charge < -0.3 is 14.9 Å². The van der Waals surface area contributed by atoms with Crippen molar-refractivity contribution in [1.29, 1.82) is 0 Å². The number of anilines is 1. The van der Waals surface area contributed by atoms with Gasteiger partial charge in [-0.3, -0.25) is 0 Å². The number of fused-ring (bicyclic) bond motifs is 1. The summed E-state index contributed by atoms with van der Waals surface area (Å²) in [5.41, 5.74) is 3.49. The molecular formula is C14H14N4OS. The molecule has 4 rings (SSSR count). The molecule has 1 aliphatic heterocycles. The first-order valence-corrected chi connectivity index (χ1v) is 7.60. The molecule has 20 heavy (non-hydrogen) atoms. The standard InChI is InChI=1S/C14H14N4OS/c19-13-15-10-4-3-9(7-11(10)16-13)12-8-20-14(17-12)18-5-1-2-6-18/h3-4,7-8H,1-2,5-6H2,(H2,15,16,19). The van der Waals surface area contributed by atoms with Gasteiger partial charge in [0.25, 0.3) is 0 Å². The number of H-pyrrole nitrogens is 2. The molecule has 1 aromatic carbocycles. The predicted octanol–water partition coefficient (Wildman–Crippen LogP) is 2.58. The molecule has 1 saturated heterocycles. The molecule has 0 amide bonds. The normalized spacial score (nSPS) is 15.3. The van der Waals surface area contributed by atoms with Crippen molar-refractivity contribution in [3.63, 3.8) is 0 Å². The summed E-state index contributed by atoms with van der Waals surface area (Å²) in [5, 5.41) is 3.18. The van der Waals surface area contributed by atoms with Gasteiger partial charge in [0.15, 0.2) is 5.13 Å². The summed E-state index contributed by atoms with van der Waals surface area (Å²) >= 11 is 1.69. The number of nitrogens with zero attached hydrogens (tertiary/aromatic N) is 2. The van der Waals surface area contributed by atoms with Crippen LogP contribution in [0.25, 0.3) is 22.3 Å². The third-order valence-electron chi connectivity index (χ3n) is 3.68. The molecule has 0 bridgehead atoms. The van der Waals surface area contributed by atoms with E-state index in [0.717, 1.165) is 40.5 Å². The van der Waals surface area contributed by atoms with E-state index in [9.17, 15) is 4.79 Å². The Labute approximate surface area is 119 Å². The second-order valence-electron chi connectivity index (χ2n) is 5.05. The lowest BCUT2D eigenvalue weighted by Gasteiger charge is -2.12. The van der Waals surface area contributed by atoms with Crippen LogP contribution in [0, 0.1) is 0 Å². The van der Waals surface area contributed by atoms with Crippen LogP contribution in [0.5, 0.6) is 0 Å². The van der Waals surface area contributed by atoms with Gasteiger partial charge in [0, 0.05) is 24.0 Å². The molecule has 1 fully saturated rings. The van der Waals surface area contributed by atoms with Gasteiger partial charge in [0.05, 0.1) is 16.7 Å². The number of nitrogens with one attached hydrogen (secondary N) is 2. The molecule has 0 radical (unpaired) electrons. The molecule has 0 unspecified atom stereocenters. The number of thiazole rings is 1. The zero-order valence-electron chi connectivity index (χ0n) is 10.8. The van der Waals surface area contributed by atoms with Crippen LogP contribution in [0.15, 0.2) is 28.4 Å². The van der Waals surface area contributed by atoms with Crippen molar-refractivity contribution in [3.05, 3.63) is 34.1 Å². The van der Waals surface area contributed by atoms with Crippen LogP contribution in [0.4, 0.5) is 5.13 Å². The summed E-state index contributed by atoms with van der Waals surface area (Å²) in [5.74, 6) is 0. The molecule has 2 aromatic heterocycles. The molecule has 5 nitrogen and oxygen atoms in total. The van der Waals surface area contributed by atoms with Gasteiger partial charge in [0.1, 0.15) is 0 Å². The summed E-state index contributed by atoms with van der Waals surface area (Å²) in [4.78, 5) is 23.9. The Bertz CT molecular complexity index is 810.